The third kappa shape index (κ3) is 3.19. The van der Waals surface area contributed by atoms with Crippen LogP contribution in [-0.4, -0.2) is 13.0 Å². The fraction of sp³-hybridized carbons (Fsp3) is 0.0588. The number of carbonyl (C=O) groups excluding carboxylic acids is 1. The number of anilines is 1. The van der Waals surface area contributed by atoms with Crippen molar-refractivity contribution in [2.75, 3.05) is 12.4 Å². The molecule has 0 atom stereocenters. The van der Waals surface area contributed by atoms with Gasteiger partial charge in [-0.3, -0.25) is 9.59 Å². The third-order valence-electron chi connectivity index (χ3n) is 3.26. The van der Waals surface area contributed by atoms with E-state index in [1.165, 1.54) is 6.07 Å². The van der Waals surface area contributed by atoms with E-state index in [0.717, 1.165) is 6.07 Å². The molecule has 0 unspecified atom stereocenters. The molecule has 0 aliphatic heterocycles. The molecule has 1 amide bonds. The maximum Gasteiger partial charge on any atom is 0.291 e. The molecule has 1 heterocycles. The minimum absolute atomic E-state index is 0.0689. The van der Waals surface area contributed by atoms with Crippen LogP contribution in [0.2, 0.25) is 5.02 Å². The van der Waals surface area contributed by atoms with Crippen molar-refractivity contribution in [1.82, 2.24) is 0 Å². The number of hydrogen-bond acceptors (Lipinski definition) is 4. The molecule has 0 saturated heterocycles. The summed E-state index contributed by atoms with van der Waals surface area (Å²) >= 11 is 5.85. The van der Waals surface area contributed by atoms with Gasteiger partial charge >= 0.3 is 0 Å². The number of methoxy groups -OCH3 is 1. The predicted molar refractivity (Wildman–Crippen MR) is 88.4 cm³/mol. The van der Waals surface area contributed by atoms with Crippen LogP contribution in [0.5, 0.6) is 5.75 Å². The van der Waals surface area contributed by atoms with E-state index in [4.69, 9.17) is 20.8 Å². The van der Waals surface area contributed by atoms with Crippen molar-refractivity contribution in [3.63, 3.8) is 0 Å². The molecule has 0 spiro atoms. The Morgan fingerprint density at radius 1 is 1.13 bits per heavy atom. The van der Waals surface area contributed by atoms with Crippen LogP contribution in [0.15, 0.2) is 57.7 Å². The van der Waals surface area contributed by atoms with Gasteiger partial charge in [-0.25, -0.2) is 0 Å². The molecule has 116 valence electrons. The molecular weight excluding hydrogens is 318 g/mol. The summed E-state index contributed by atoms with van der Waals surface area (Å²) in [5.74, 6) is 0.0990. The fourth-order valence-corrected chi connectivity index (χ4v) is 2.28. The lowest BCUT2D eigenvalue weighted by molar-refractivity contribution is 0.0997. The number of rotatable bonds is 3. The van der Waals surface area contributed by atoms with E-state index in [9.17, 15) is 9.59 Å². The first-order valence-electron chi connectivity index (χ1n) is 6.75. The number of benzene rings is 2. The zero-order chi connectivity index (χ0) is 16.4. The molecule has 2 aromatic carbocycles. The van der Waals surface area contributed by atoms with Crippen molar-refractivity contribution < 1.29 is 13.9 Å². The second kappa shape index (κ2) is 6.14. The lowest BCUT2D eigenvalue weighted by Crippen LogP contribution is -2.14. The minimum Gasteiger partial charge on any atom is -0.497 e. The van der Waals surface area contributed by atoms with E-state index in [2.05, 4.69) is 5.32 Å². The van der Waals surface area contributed by atoms with E-state index in [1.54, 1.807) is 43.5 Å². The SMILES string of the molecule is COc1ccc(NC(=O)c2cc(=O)c3cc(Cl)ccc3o2)cc1. The van der Waals surface area contributed by atoms with E-state index in [0.29, 0.717) is 27.4 Å². The van der Waals surface area contributed by atoms with Crippen molar-refractivity contribution in [2.45, 2.75) is 0 Å². The topological polar surface area (TPSA) is 68.5 Å². The molecule has 3 aromatic rings. The van der Waals surface area contributed by atoms with E-state index in [-0.39, 0.29) is 11.2 Å². The second-order valence-electron chi connectivity index (χ2n) is 4.80. The fourth-order valence-electron chi connectivity index (χ4n) is 2.11. The van der Waals surface area contributed by atoms with Gasteiger partial charge in [-0.05, 0) is 42.5 Å². The highest BCUT2D eigenvalue weighted by molar-refractivity contribution is 6.31. The number of nitrogens with one attached hydrogen (secondary N) is 1. The molecule has 23 heavy (non-hydrogen) atoms. The average molecular weight is 330 g/mol. The van der Waals surface area contributed by atoms with Gasteiger partial charge in [0.15, 0.2) is 11.2 Å². The Labute approximate surface area is 136 Å². The van der Waals surface area contributed by atoms with Crippen molar-refractivity contribution in [2.24, 2.45) is 0 Å². The van der Waals surface area contributed by atoms with Gasteiger partial charge in [-0.2, -0.15) is 0 Å². The van der Waals surface area contributed by atoms with Gasteiger partial charge in [0, 0.05) is 16.8 Å². The van der Waals surface area contributed by atoms with Gasteiger partial charge < -0.3 is 14.5 Å². The molecule has 0 fully saturated rings. The predicted octanol–water partition coefficient (Wildman–Crippen LogP) is 3.71. The van der Waals surface area contributed by atoms with Gasteiger partial charge in [0.2, 0.25) is 0 Å². The van der Waals surface area contributed by atoms with Gasteiger partial charge in [0.1, 0.15) is 11.3 Å². The number of carbonyl (C=O) groups is 1. The molecule has 6 heteroatoms. The van der Waals surface area contributed by atoms with E-state index >= 15 is 0 Å². The van der Waals surface area contributed by atoms with E-state index < -0.39 is 5.91 Å². The second-order valence-corrected chi connectivity index (χ2v) is 5.23. The Kier molecular flexibility index (Phi) is 4.04. The Bertz CT molecular complexity index is 931. The molecular formula is C17H12ClNO4. The van der Waals surface area contributed by atoms with Crippen LogP contribution in [0.1, 0.15) is 10.6 Å². The smallest absolute Gasteiger partial charge is 0.291 e. The van der Waals surface area contributed by atoms with Gasteiger partial charge in [0.05, 0.1) is 12.5 Å². The van der Waals surface area contributed by atoms with Crippen molar-refractivity contribution in [3.05, 3.63) is 69.5 Å². The summed E-state index contributed by atoms with van der Waals surface area (Å²) in [4.78, 5) is 24.3. The number of halogens is 1. The normalized spacial score (nSPS) is 10.5. The first-order chi connectivity index (χ1) is 11.1. The van der Waals surface area contributed by atoms with Crippen LogP contribution in [0.4, 0.5) is 5.69 Å². The van der Waals surface area contributed by atoms with Crippen molar-refractivity contribution in [1.29, 1.82) is 0 Å². The summed E-state index contributed by atoms with van der Waals surface area (Å²) in [6.45, 7) is 0. The number of hydrogen-bond donors (Lipinski definition) is 1. The zero-order valence-corrected chi connectivity index (χ0v) is 12.9. The first-order valence-corrected chi connectivity index (χ1v) is 7.13. The summed E-state index contributed by atoms with van der Waals surface area (Å²) in [6, 6.07) is 12.6. The Balaban J connectivity index is 1.91. The first kappa shape index (κ1) is 15.1. The summed E-state index contributed by atoms with van der Waals surface area (Å²) < 4.78 is 10.5. The monoisotopic (exact) mass is 329 g/mol. The Morgan fingerprint density at radius 2 is 1.87 bits per heavy atom. The van der Waals surface area contributed by atoms with Gasteiger partial charge in [0.25, 0.3) is 5.91 Å². The van der Waals surface area contributed by atoms with Crippen molar-refractivity contribution in [3.8, 4) is 5.75 Å². The highest BCUT2D eigenvalue weighted by Crippen LogP contribution is 2.19. The summed E-state index contributed by atoms with van der Waals surface area (Å²) in [5.41, 5.74) is 0.546. The maximum atomic E-state index is 12.2. The number of ether oxygens (including phenoxy) is 1. The molecule has 0 radical (unpaired) electrons. The average Bonchev–Trinajstić information content (AvgIpc) is 2.56. The molecule has 0 aliphatic carbocycles. The summed E-state index contributed by atoms with van der Waals surface area (Å²) in [5, 5.41) is 3.42. The molecule has 1 N–H and O–H groups in total. The lowest BCUT2D eigenvalue weighted by Gasteiger charge is -2.06. The van der Waals surface area contributed by atoms with Gasteiger partial charge in [-0.1, -0.05) is 11.6 Å². The number of amides is 1. The van der Waals surface area contributed by atoms with Crippen LogP contribution in [0.3, 0.4) is 0 Å². The maximum absolute atomic E-state index is 12.2. The highest BCUT2D eigenvalue weighted by Gasteiger charge is 2.13. The lowest BCUT2D eigenvalue weighted by atomic mass is 10.2. The molecule has 3 rings (SSSR count). The van der Waals surface area contributed by atoms with Crippen molar-refractivity contribution >= 4 is 34.2 Å². The van der Waals surface area contributed by atoms with E-state index in [1.807, 2.05) is 0 Å². The largest absolute Gasteiger partial charge is 0.497 e. The molecule has 1 aromatic heterocycles. The molecule has 5 nitrogen and oxygen atoms in total. The third-order valence-corrected chi connectivity index (χ3v) is 3.50. The molecule has 0 aliphatic rings. The molecule has 0 saturated carbocycles. The minimum atomic E-state index is -0.510. The Morgan fingerprint density at radius 3 is 2.57 bits per heavy atom. The highest BCUT2D eigenvalue weighted by atomic mass is 35.5. The quantitative estimate of drug-likeness (QED) is 0.795. The van der Waals surface area contributed by atoms with Gasteiger partial charge in [-0.15, -0.1) is 0 Å². The van der Waals surface area contributed by atoms with Crippen LogP contribution < -0.4 is 15.5 Å². The standard InChI is InChI=1S/C17H12ClNO4/c1-22-12-5-3-11(4-6-12)19-17(21)16-9-14(20)13-8-10(18)2-7-15(13)23-16/h2-9H,1H3,(H,19,21). The van der Waals surface area contributed by atoms with Crippen LogP contribution in [0, 0.1) is 0 Å². The molecule has 0 bridgehead atoms. The summed E-state index contributed by atoms with van der Waals surface area (Å²) in [7, 11) is 1.56. The Hall–Kier alpha value is -2.79. The zero-order valence-electron chi connectivity index (χ0n) is 12.1. The van der Waals surface area contributed by atoms with Crippen LogP contribution >= 0.6 is 11.6 Å². The van der Waals surface area contributed by atoms with Crippen LogP contribution in [-0.2, 0) is 0 Å². The number of fused-ring (bicyclic) bond motifs is 1. The summed E-state index contributed by atoms with van der Waals surface area (Å²) in [6.07, 6.45) is 0. The van der Waals surface area contributed by atoms with Crippen LogP contribution in [0.25, 0.3) is 11.0 Å².